The smallest absolute Gasteiger partial charge is 0.410 e. The van der Waals surface area contributed by atoms with Crippen molar-refractivity contribution in [3.63, 3.8) is 0 Å². The van der Waals surface area contributed by atoms with Crippen molar-refractivity contribution >= 4 is 11.9 Å². The third-order valence-electron chi connectivity index (χ3n) is 2.88. The molecule has 1 aliphatic heterocycles. The van der Waals surface area contributed by atoms with E-state index in [1.165, 1.54) is 0 Å². The fraction of sp³-hybridized carbons (Fsp3) is 0.857. The second-order valence-electron chi connectivity index (χ2n) is 6.04. The Bertz CT molecular complexity index is 360. The number of nitrogens with zero attached hydrogens (tertiary/aromatic N) is 2. The SMILES string of the molecule is COCC(CCO)NC1=NCCN(C(=O)OC(C)(C)C)C1. The van der Waals surface area contributed by atoms with Gasteiger partial charge in [-0.25, -0.2) is 4.79 Å². The van der Waals surface area contributed by atoms with Gasteiger partial charge in [-0.2, -0.15) is 0 Å². The Morgan fingerprint density at radius 1 is 1.52 bits per heavy atom. The lowest BCUT2D eigenvalue weighted by atomic mass is 10.2. The Labute approximate surface area is 126 Å². The summed E-state index contributed by atoms with van der Waals surface area (Å²) in [4.78, 5) is 18.1. The summed E-state index contributed by atoms with van der Waals surface area (Å²) in [5.74, 6) is 0.725. The van der Waals surface area contributed by atoms with E-state index in [9.17, 15) is 4.79 Å². The van der Waals surface area contributed by atoms with Gasteiger partial charge in [-0.05, 0) is 27.2 Å². The number of amidine groups is 1. The average molecular weight is 301 g/mol. The first-order valence-electron chi connectivity index (χ1n) is 7.23. The van der Waals surface area contributed by atoms with Gasteiger partial charge in [-0.3, -0.25) is 9.89 Å². The number of hydrogen-bond donors (Lipinski definition) is 2. The van der Waals surface area contributed by atoms with Gasteiger partial charge >= 0.3 is 6.09 Å². The van der Waals surface area contributed by atoms with Crippen LogP contribution in [0.25, 0.3) is 0 Å². The number of aliphatic hydroxyl groups is 1. The zero-order chi connectivity index (χ0) is 15.9. The number of aliphatic imine (C=N–C) groups is 1. The molecule has 0 aromatic carbocycles. The number of carbonyl (C=O) groups excluding carboxylic acids is 1. The normalized spacial score (nSPS) is 17.2. The van der Waals surface area contributed by atoms with E-state index in [1.54, 1.807) is 12.0 Å². The van der Waals surface area contributed by atoms with Crippen molar-refractivity contribution in [3.8, 4) is 0 Å². The van der Waals surface area contributed by atoms with Crippen molar-refractivity contribution < 1.29 is 19.4 Å². The molecule has 0 aliphatic carbocycles. The van der Waals surface area contributed by atoms with E-state index in [2.05, 4.69) is 10.3 Å². The number of rotatable bonds is 5. The highest BCUT2D eigenvalue weighted by Crippen LogP contribution is 2.11. The molecule has 1 aliphatic rings. The van der Waals surface area contributed by atoms with E-state index >= 15 is 0 Å². The maximum Gasteiger partial charge on any atom is 0.410 e. The molecule has 0 fully saturated rings. The van der Waals surface area contributed by atoms with Crippen LogP contribution >= 0.6 is 0 Å². The number of hydrogen-bond acceptors (Lipinski definition) is 6. The molecule has 1 unspecified atom stereocenters. The van der Waals surface area contributed by atoms with Gasteiger partial charge in [0.2, 0.25) is 0 Å². The summed E-state index contributed by atoms with van der Waals surface area (Å²) < 4.78 is 10.5. The standard InChI is InChI=1S/C14H27N3O4/c1-14(2,3)21-13(19)17-7-6-15-12(9-17)16-11(5-8-18)10-20-4/h11,18H,5-10H2,1-4H3,(H,15,16). The molecule has 0 aromatic rings. The average Bonchev–Trinajstić information content (AvgIpc) is 2.37. The van der Waals surface area contributed by atoms with Gasteiger partial charge in [-0.1, -0.05) is 0 Å². The Morgan fingerprint density at radius 2 is 2.24 bits per heavy atom. The van der Waals surface area contributed by atoms with Crippen LogP contribution < -0.4 is 5.32 Å². The minimum Gasteiger partial charge on any atom is -0.444 e. The van der Waals surface area contributed by atoms with Crippen LogP contribution in [0.2, 0.25) is 0 Å². The quantitative estimate of drug-likeness (QED) is 0.778. The van der Waals surface area contributed by atoms with Gasteiger partial charge in [0.25, 0.3) is 0 Å². The lowest BCUT2D eigenvalue weighted by Gasteiger charge is -2.31. The lowest BCUT2D eigenvalue weighted by Crippen LogP contribution is -2.50. The molecule has 1 heterocycles. The summed E-state index contributed by atoms with van der Waals surface area (Å²) in [5, 5.41) is 12.3. The van der Waals surface area contributed by atoms with E-state index in [1.807, 2.05) is 20.8 Å². The second-order valence-corrected chi connectivity index (χ2v) is 6.04. The van der Waals surface area contributed by atoms with Crippen LogP contribution in [0, 0.1) is 0 Å². The first-order valence-corrected chi connectivity index (χ1v) is 7.23. The summed E-state index contributed by atoms with van der Waals surface area (Å²) in [6, 6.07) is -0.0164. The van der Waals surface area contributed by atoms with Gasteiger partial charge in [0.05, 0.1) is 25.7 Å². The minimum atomic E-state index is -0.505. The van der Waals surface area contributed by atoms with Crippen LogP contribution in [0.1, 0.15) is 27.2 Å². The molecule has 0 saturated heterocycles. The van der Waals surface area contributed by atoms with Gasteiger partial charge in [-0.15, -0.1) is 0 Å². The van der Waals surface area contributed by atoms with Crippen molar-refractivity contribution in [2.45, 2.75) is 38.8 Å². The van der Waals surface area contributed by atoms with Gasteiger partial charge in [0, 0.05) is 20.3 Å². The molecule has 0 saturated carbocycles. The van der Waals surface area contributed by atoms with Crippen molar-refractivity contribution in [1.29, 1.82) is 0 Å². The molecule has 1 amide bonds. The summed E-state index contributed by atoms with van der Waals surface area (Å²) in [7, 11) is 1.61. The number of amides is 1. The highest BCUT2D eigenvalue weighted by Gasteiger charge is 2.25. The topological polar surface area (TPSA) is 83.4 Å². The molecule has 1 atom stereocenters. The molecule has 0 radical (unpaired) electrons. The molecule has 2 N–H and O–H groups in total. The van der Waals surface area contributed by atoms with Gasteiger partial charge in [0.15, 0.2) is 0 Å². The molecular formula is C14H27N3O4. The Balaban J connectivity index is 2.54. The van der Waals surface area contributed by atoms with Crippen molar-refractivity contribution in [1.82, 2.24) is 10.2 Å². The monoisotopic (exact) mass is 301 g/mol. The van der Waals surface area contributed by atoms with E-state index in [0.717, 1.165) is 5.84 Å². The van der Waals surface area contributed by atoms with Gasteiger partial charge in [0.1, 0.15) is 11.4 Å². The molecule has 122 valence electrons. The third kappa shape index (κ3) is 6.77. The Morgan fingerprint density at radius 3 is 2.81 bits per heavy atom. The lowest BCUT2D eigenvalue weighted by molar-refractivity contribution is 0.0275. The molecule has 1 rings (SSSR count). The molecule has 0 spiro atoms. The molecule has 7 nitrogen and oxygen atoms in total. The minimum absolute atomic E-state index is 0.0164. The molecule has 7 heteroatoms. The van der Waals surface area contributed by atoms with Crippen molar-refractivity contribution in [2.75, 3.05) is 40.0 Å². The second kappa shape index (κ2) is 8.19. The third-order valence-corrected chi connectivity index (χ3v) is 2.88. The zero-order valence-electron chi connectivity index (χ0n) is 13.4. The first kappa shape index (κ1) is 17.7. The Hall–Kier alpha value is -1.34. The largest absolute Gasteiger partial charge is 0.444 e. The van der Waals surface area contributed by atoms with Crippen LogP contribution in [0.3, 0.4) is 0 Å². The van der Waals surface area contributed by atoms with Crippen molar-refractivity contribution in [3.05, 3.63) is 0 Å². The summed E-state index contributed by atoms with van der Waals surface area (Å²) in [5.41, 5.74) is -0.505. The fourth-order valence-corrected chi connectivity index (χ4v) is 1.98. The predicted molar refractivity (Wildman–Crippen MR) is 80.6 cm³/mol. The molecule has 0 aromatic heterocycles. The fourth-order valence-electron chi connectivity index (χ4n) is 1.98. The van der Waals surface area contributed by atoms with E-state index < -0.39 is 5.60 Å². The number of carbonyl (C=O) groups is 1. The highest BCUT2D eigenvalue weighted by atomic mass is 16.6. The summed E-state index contributed by atoms with van der Waals surface area (Å²) in [6.07, 6.45) is 0.237. The van der Waals surface area contributed by atoms with Crippen molar-refractivity contribution in [2.24, 2.45) is 4.99 Å². The predicted octanol–water partition coefficient (Wildman–Crippen LogP) is 0.623. The van der Waals surface area contributed by atoms with Crippen LogP contribution in [-0.4, -0.2) is 73.5 Å². The van der Waals surface area contributed by atoms with Crippen LogP contribution in [0.5, 0.6) is 0 Å². The Kier molecular flexibility index (Phi) is 6.91. The molecular weight excluding hydrogens is 274 g/mol. The molecule has 21 heavy (non-hydrogen) atoms. The maximum absolute atomic E-state index is 12.1. The maximum atomic E-state index is 12.1. The van der Waals surface area contributed by atoms with Crippen LogP contribution in [0.15, 0.2) is 4.99 Å². The number of ether oxygens (including phenoxy) is 2. The van der Waals surface area contributed by atoms with Crippen LogP contribution in [-0.2, 0) is 9.47 Å². The van der Waals surface area contributed by atoms with Gasteiger partial charge < -0.3 is 19.9 Å². The molecule has 0 bridgehead atoms. The summed E-state index contributed by atoms with van der Waals surface area (Å²) >= 11 is 0. The van der Waals surface area contributed by atoms with E-state index in [0.29, 0.717) is 32.7 Å². The van der Waals surface area contributed by atoms with Crippen LogP contribution in [0.4, 0.5) is 4.79 Å². The van der Waals surface area contributed by atoms with E-state index in [4.69, 9.17) is 14.6 Å². The number of methoxy groups -OCH3 is 1. The first-order chi connectivity index (χ1) is 9.85. The zero-order valence-corrected chi connectivity index (χ0v) is 13.4. The number of nitrogens with one attached hydrogen (secondary N) is 1. The highest BCUT2D eigenvalue weighted by molar-refractivity contribution is 5.88. The summed E-state index contributed by atoms with van der Waals surface area (Å²) in [6.45, 7) is 7.57. The van der Waals surface area contributed by atoms with E-state index in [-0.39, 0.29) is 18.7 Å². The number of aliphatic hydroxyl groups excluding tert-OH is 1.